The highest BCUT2D eigenvalue weighted by Gasteiger charge is 2.35. The van der Waals surface area contributed by atoms with E-state index in [0.29, 0.717) is 50.9 Å². The molecule has 2 saturated heterocycles. The number of hydrogen-bond acceptors (Lipinski definition) is 8. The monoisotopic (exact) mass is 633 g/mol. The van der Waals surface area contributed by atoms with Gasteiger partial charge in [0.25, 0.3) is 0 Å². The van der Waals surface area contributed by atoms with Crippen molar-refractivity contribution >= 4 is 39.8 Å². The Hall–Kier alpha value is -3.68. The molecule has 238 valence electrons. The standard InChI is InChI=1S/C34H41ClFN7O2/c1-23(2)42-17-12-26(42)22-45-34-38-29-21-40(30-9-4-7-24-6-3-8-28(35)32(24)30)16-13-27(29)33(39-34)41-18-19-43(25(20-41)11-15-37)31(44)10-5-14-36/h3-4,6-9,23,25-26H,5,10-14,16-22H2,1-2H3/t25-,26?/m0/s1. The van der Waals surface area contributed by atoms with E-state index in [0.717, 1.165) is 64.5 Å². The first-order valence-electron chi connectivity index (χ1n) is 16.1. The molecule has 9 nitrogen and oxygen atoms in total. The zero-order valence-electron chi connectivity index (χ0n) is 26.1. The van der Waals surface area contributed by atoms with Crippen molar-refractivity contribution in [3.63, 3.8) is 0 Å². The van der Waals surface area contributed by atoms with Crippen molar-refractivity contribution in [2.75, 3.05) is 55.8 Å². The van der Waals surface area contributed by atoms with E-state index in [9.17, 15) is 14.4 Å². The maximum absolute atomic E-state index is 12.9. The van der Waals surface area contributed by atoms with Gasteiger partial charge in [0, 0.05) is 67.9 Å². The van der Waals surface area contributed by atoms with Crippen LogP contribution in [-0.4, -0.2) is 89.8 Å². The summed E-state index contributed by atoms with van der Waals surface area (Å²) in [5, 5.41) is 12.4. The van der Waals surface area contributed by atoms with Crippen LogP contribution in [0.15, 0.2) is 36.4 Å². The van der Waals surface area contributed by atoms with Gasteiger partial charge in [-0.1, -0.05) is 35.9 Å². The predicted molar refractivity (Wildman–Crippen MR) is 175 cm³/mol. The second kappa shape index (κ2) is 13.8. The highest BCUT2D eigenvalue weighted by molar-refractivity contribution is 6.36. The van der Waals surface area contributed by atoms with Crippen molar-refractivity contribution in [2.24, 2.45) is 0 Å². The molecule has 1 aromatic heterocycles. The van der Waals surface area contributed by atoms with Gasteiger partial charge in [-0.25, -0.2) is 0 Å². The van der Waals surface area contributed by atoms with Gasteiger partial charge in [-0.15, -0.1) is 0 Å². The molecule has 1 amide bonds. The molecule has 0 radical (unpaired) electrons. The summed E-state index contributed by atoms with van der Waals surface area (Å²) in [7, 11) is 0. The van der Waals surface area contributed by atoms with E-state index < -0.39 is 6.67 Å². The molecule has 2 fully saturated rings. The molecule has 3 aliphatic rings. The van der Waals surface area contributed by atoms with Crippen LogP contribution in [-0.2, 0) is 17.8 Å². The molecule has 0 N–H and O–H groups in total. The smallest absolute Gasteiger partial charge is 0.318 e. The Morgan fingerprint density at radius 2 is 1.93 bits per heavy atom. The van der Waals surface area contributed by atoms with Gasteiger partial charge in [-0.3, -0.25) is 14.1 Å². The molecule has 0 bridgehead atoms. The number of piperazine rings is 1. The van der Waals surface area contributed by atoms with Crippen LogP contribution in [0.4, 0.5) is 15.9 Å². The molecule has 6 rings (SSSR count). The average molecular weight is 634 g/mol. The number of anilines is 2. The number of likely N-dealkylation sites (tertiary alicyclic amines) is 1. The molecule has 2 atom stereocenters. The molecule has 4 heterocycles. The van der Waals surface area contributed by atoms with Gasteiger partial charge in [0.1, 0.15) is 12.4 Å². The van der Waals surface area contributed by atoms with Crippen molar-refractivity contribution in [3.8, 4) is 12.1 Å². The number of nitriles is 1. The summed E-state index contributed by atoms with van der Waals surface area (Å²) in [5.74, 6) is 0.722. The summed E-state index contributed by atoms with van der Waals surface area (Å²) in [5.41, 5.74) is 3.06. The lowest BCUT2D eigenvalue weighted by atomic mass is 10.0. The minimum atomic E-state index is -0.526. The highest BCUT2D eigenvalue weighted by atomic mass is 35.5. The fourth-order valence-corrected chi connectivity index (χ4v) is 7.25. The Bertz CT molecular complexity index is 1570. The Kier molecular flexibility index (Phi) is 9.57. The van der Waals surface area contributed by atoms with Crippen LogP contribution in [0, 0.1) is 11.3 Å². The van der Waals surface area contributed by atoms with Gasteiger partial charge in [-0.2, -0.15) is 15.2 Å². The fraction of sp³-hybridized carbons (Fsp3) is 0.529. The number of rotatable bonds is 10. The lowest BCUT2D eigenvalue weighted by Gasteiger charge is -2.43. The lowest BCUT2D eigenvalue weighted by molar-refractivity contribution is -0.134. The van der Waals surface area contributed by atoms with E-state index in [1.165, 1.54) is 0 Å². The quantitative estimate of drug-likeness (QED) is 0.294. The van der Waals surface area contributed by atoms with Crippen LogP contribution < -0.4 is 14.5 Å². The minimum Gasteiger partial charge on any atom is -0.462 e. The average Bonchev–Trinajstić information content (AvgIpc) is 3.02. The van der Waals surface area contributed by atoms with E-state index in [4.69, 9.17) is 26.3 Å². The number of aromatic nitrogens is 2. The van der Waals surface area contributed by atoms with Crippen LogP contribution in [0.25, 0.3) is 10.8 Å². The Labute approximate surface area is 269 Å². The maximum atomic E-state index is 12.9. The van der Waals surface area contributed by atoms with E-state index in [1.807, 2.05) is 12.1 Å². The van der Waals surface area contributed by atoms with Gasteiger partial charge in [-0.05, 0) is 50.6 Å². The number of hydrogen-bond donors (Lipinski definition) is 0. The SMILES string of the molecule is CC(C)N1CCC1COc1nc2c(c(N3CCN(C(=O)CCCF)[C@@H](CC#N)C3)n1)CCN(c1cccc3cccc(Cl)c13)C2. The lowest BCUT2D eigenvalue weighted by Crippen LogP contribution is -2.55. The molecular formula is C34H41ClFN7O2. The maximum Gasteiger partial charge on any atom is 0.318 e. The number of fused-ring (bicyclic) bond motifs is 2. The third-order valence-corrected chi connectivity index (χ3v) is 9.72. The number of amides is 1. The molecule has 45 heavy (non-hydrogen) atoms. The largest absolute Gasteiger partial charge is 0.462 e. The molecule has 1 unspecified atom stereocenters. The highest BCUT2D eigenvalue weighted by Crippen LogP contribution is 2.37. The summed E-state index contributed by atoms with van der Waals surface area (Å²) in [6.45, 7) is 8.31. The van der Waals surface area contributed by atoms with Gasteiger partial charge in [0.15, 0.2) is 0 Å². The first kappa shape index (κ1) is 31.3. The van der Waals surface area contributed by atoms with Crippen molar-refractivity contribution < 1.29 is 13.9 Å². The van der Waals surface area contributed by atoms with Crippen molar-refractivity contribution in [3.05, 3.63) is 52.7 Å². The molecule has 0 saturated carbocycles. The van der Waals surface area contributed by atoms with Crippen molar-refractivity contribution in [2.45, 2.75) is 70.6 Å². The van der Waals surface area contributed by atoms with E-state index in [-0.39, 0.29) is 31.2 Å². The zero-order chi connectivity index (χ0) is 31.5. The Morgan fingerprint density at radius 3 is 2.67 bits per heavy atom. The number of carbonyl (C=O) groups excluding carboxylic acids is 1. The number of benzene rings is 2. The zero-order valence-corrected chi connectivity index (χ0v) is 26.8. The molecule has 3 aliphatic heterocycles. The summed E-state index contributed by atoms with van der Waals surface area (Å²) in [6.07, 6.45) is 2.37. The number of nitrogens with zero attached hydrogens (tertiary/aromatic N) is 7. The third kappa shape index (κ3) is 6.52. The predicted octanol–water partition coefficient (Wildman–Crippen LogP) is 5.39. The number of carbonyl (C=O) groups is 1. The van der Waals surface area contributed by atoms with E-state index in [2.05, 4.69) is 58.9 Å². The molecule has 0 spiro atoms. The summed E-state index contributed by atoms with van der Waals surface area (Å²) >= 11 is 6.71. The van der Waals surface area contributed by atoms with Gasteiger partial charge < -0.3 is 19.4 Å². The van der Waals surface area contributed by atoms with Gasteiger partial charge in [0.05, 0.1) is 42.5 Å². The fourth-order valence-electron chi connectivity index (χ4n) is 6.97. The second-order valence-corrected chi connectivity index (χ2v) is 12.9. The Balaban J connectivity index is 1.31. The van der Waals surface area contributed by atoms with Crippen molar-refractivity contribution in [1.29, 1.82) is 5.26 Å². The number of alkyl halides is 1. The number of halogens is 2. The molecular weight excluding hydrogens is 593 g/mol. The van der Waals surface area contributed by atoms with Crippen LogP contribution in [0.2, 0.25) is 5.02 Å². The minimum absolute atomic E-state index is 0.0964. The normalized spacial score (nSPS) is 20.2. The van der Waals surface area contributed by atoms with Gasteiger partial charge >= 0.3 is 6.01 Å². The topological polar surface area (TPSA) is 88.8 Å². The molecule has 3 aromatic rings. The Morgan fingerprint density at radius 1 is 1.11 bits per heavy atom. The van der Waals surface area contributed by atoms with Crippen molar-refractivity contribution in [1.82, 2.24) is 19.8 Å². The summed E-state index contributed by atoms with van der Waals surface area (Å²) in [4.78, 5) is 31.5. The van der Waals surface area contributed by atoms with Gasteiger partial charge in [0.2, 0.25) is 5.91 Å². The van der Waals surface area contributed by atoms with E-state index in [1.54, 1.807) is 4.90 Å². The molecule has 0 aliphatic carbocycles. The number of ether oxygens (including phenoxy) is 1. The first-order valence-corrected chi connectivity index (χ1v) is 16.4. The van der Waals surface area contributed by atoms with E-state index >= 15 is 0 Å². The summed E-state index contributed by atoms with van der Waals surface area (Å²) < 4.78 is 19.1. The summed E-state index contributed by atoms with van der Waals surface area (Å²) in [6, 6.07) is 15.3. The molecule has 11 heteroatoms. The van der Waals surface area contributed by atoms with Crippen LogP contribution in [0.3, 0.4) is 0 Å². The third-order valence-electron chi connectivity index (χ3n) is 9.41. The van der Waals surface area contributed by atoms with Crippen LogP contribution >= 0.6 is 11.6 Å². The second-order valence-electron chi connectivity index (χ2n) is 12.5. The van der Waals surface area contributed by atoms with Crippen LogP contribution in [0.1, 0.15) is 50.8 Å². The van der Waals surface area contributed by atoms with Crippen LogP contribution in [0.5, 0.6) is 6.01 Å². The molecule has 2 aromatic carbocycles. The first-order chi connectivity index (χ1) is 21.9.